The summed E-state index contributed by atoms with van der Waals surface area (Å²) in [5.41, 5.74) is 0. The molecule has 2 N–H and O–H groups in total. The number of ether oxygens (including phenoxy) is 5. The number of rotatable bonds is 3. The van der Waals surface area contributed by atoms with E-state index in [0.29, 0.717) is 0 Å². The fourth-order valence-electron chi connectivity index (χ4n) is 3.11. The minimum Gasteiger partial charge on any atom is -0.343 e. The van der Waals surface area contributed by atoms with Crippen LogP contribution in [0.5, 0.6) is 0 Å². The van der Waals surface area contributed by atoms with Gasteiger partial charge in [-0.3, -0.25) is 4.18 Å². The summed E-state index contributed by atoms with van der Waals surface area (Å²) in [5, 5.41) is 4.89. The minimum absolute atomic E-state index is 0.165. The van der Waals surface area contributed by atoms with Gasteiger partial charge in [-0.2, -0.15) is 8.42 Å². The van der Waals surface area contributed by atoms with Crippen LogP contribution in [0, 0.1) is 0 Å². The maximum absolute atomic E-state index is 11.1. The third-order valence-electron chi connectivity index (χ3n) is 3.70. The second-order valence-electron chi connectivity index (χ2n) is 6.56. The molecule has 0 amide bonds. The highest BCUT2D eigenvalue weighted by Crippen LogP contribution is 2.47. The van der Waals surface area contributed by atoms with E-state index >= 15 is 0 Å². The predicted octanol–water partition coefficient (Wildman–Crippen LogP) is -0.395. The van der Waals surface area contributed by atoms with E-state index in [4.69, 9.17) is 33.0 Å². The van der Waals surface area contributed by atoms with Gasteiger partial charge in [0.1, 0.15) is 24.9 Å². The van der Waals surface area contributed by atoms with Crippen LogP contribution in [0.4, 0.5) is 0 Å². The van der Waals surface area contributed by atoms with Gasteiger partial charge in [0.15, 0.2) is 11.6 Å². The summed E-state index contributed by atoms with van der Waals surface area (Å²) in [6.07, 6.45) is -1.50. The molecule has 0 spiro atoms. The van der Waals surface area contributed by atoms with Crippen molar-refractivity contribution in [2.45, 2.75) is 63.4 Å². The first kappa shape index (κ1) is 16.5. The van der Waals surface area contributed by atoms with Gasteiger partial charge in [-0.05, 0) is 27.7 Å². The summed E-state index contributed by atoms with van der Waals surface area (Å²) >= 11 is 0. The minimum atomic E-state index is -4.14. The molecular weight excluding hydrogens is 318 g/mol. The molecule has 9 nitrogen and oxygen atoms in total. The summed E-state index contributed by atoms with van der Waals surface area (Å²) in [5.74, 6) is -3.19. The second kappa shape index (κ2) is 4.84. The molecule has 3 aliphatic heterocycles. The van der Waals surface area contributed by atoms with Crippen LogP contribution in [0.2, 0.25) is 0 Å². The molecule has 0 saturated carbocycles. The van der Waals surface area contributed by atoms with Crippen LogP contribution in [-0.2, 0) is 38.2 Å². The van der Waals surface area contributed by atoms with Gasteiger partial charge in [-0.15, -0.1) is 0 Å². The zero-order valence-electron chi connectivity index (χ0n) is 12.9. The monoisotopic (exact) mass is 339 g/mol. The lowest BCUT2D eigenvalue weighted by molar-refractivity contribution is -0.290. The zero-order valence-corrected chi connectivity index (χ0v) is 13.7. The van der Waals surface area contributed by atoms with Gasteiger partial charge in [0, 0.05) is 0 Å². The fourth-order valence-corrected chi connectivity index (χ4v) is 3.44. The van der Waals surface area contributed by atoms with E-state index in [9.17, 15) is 8.42 Å². The molecule has 10 heteroatoms. The Morgan fingerprint density at radius 3 is 2.45 bits per heavy atom. The van der Waals surface area contributed by atoms with Crippen LogP contribution < -0.4 is 5.14 Å². The first-order chi connectivity index (χ1) is 9.92. The van der Waals surface area contributed by atoms with Crippen molar-refractivity contribution in [1.29, 1.82) is 0 Å². The van der Waals surface area contributed by atoms with Crippen molar-refractivity contribution in [3.05, 3.63) is 0 Å². The number of fused-ring (bicyclic) bond motifs is 3. The van der Waals surface area contributed by atoms with Gasteiger partial charge in [0.2, 0.25) is 5.79 Å². The second-order valence-corrected chi connectivity index (χ2v) is 7.78. The van der Waals surface area contributed by atoms with E-state index in [2.05, 4.69) is 0 Å². The van der Waals surface area contributed by atoms with Crippen molar-refractivity contribution < 1.29 is 36.3 Å². The van der Waals surface area contributed by atoms with Crippen LogP contribution in [0.1, 0.15) is 27.7 Å². The van der Waals surface area contributed by atoms with Crippen LogP contribution in [-0.4, -0.2) is 57.3 Å². The average molecular weight is 339 g/mol. The van der Waals surface area contributed by atoms with Crippen molar-refractivity contribution in [2.75, 3.05) is 13.2 Å². The molecule has 0 aliphatic carbocycles. The lowest BCUT2D eigenvalue weighted by atomic mass is 9.98. The van der Waals surface area contributed by atoms with E-state index in [1.165, 1.54) is 0 Å². The molecule has 3 rings (SSSR count). The molecular formula is C12H21NO8S. The Morgan fingerprint density at radius 2 is 1.82 bits per heavy atom. The van der Waals surface area contributed by atoms with Crippen molar-refractivity contribution in [1.82, 2.24) is 0 Å². The Balaban J connectivity index is 1.87. The normalized spacial score (nSPS) is 42.9. The van der Waals surface area contributed by atoms with Crippen LogP contribution >= 0.6 is 0 Å². The molecule has 0 aromatic rings. The highest BCUT2D eigenvalue weighted by molar-refractivity contribution is 7.84. The first-order valence-corrected chi connectivity index (χ1v) is 8.43. The molecule has 22 heavy (non-hydrogen) atoms. The van der Waals surface area contributed by atoms with E-state index < -0.39 is 46.5 Å². The summed E-state index contributed by atoms with van der Waals surface area (Å²) in [6.45, 7) is 6.71. The van der Waals surface area contributed by atoms with Gasteiger partial charge in [-0.1, -0.05) is 0 Å². The highest BCUT2D eigenvalue weighted by Gasteiger charge is 2.65. The van der Waals surface area contributed by atoms with Crippen LogP contribution in [0.3, 0.4) is 0 Å². The molecule has 3 aliphatic rings. The summed E-state index contributed by atoms with van der Waals surface area (Å²) < 4.78 is 55.9. The maximum Gasteiger partial charge on any atom is 0.333 e. The molecule has 4 atom stereocenters. The van der Waals surface area contributed by atoms with Gasteiger partial charge < -0.3 is 23.7 Å². The van der Waals surface area contributed by atoms with Crippen molar-refractivity contribution in [3.8, 4) is 0 Å². The Morgan fingerprint density at radius 1 is 1.14 bits per heavy atom. The topological polar surface area (TPSA) is 116 Å². The molecule has 3 heterocycles. The zero-order chi connectivity index (χ0) is 16.4. The number of hydrogen-bond donors (Lipinski definition) is 1. The van der Waals surface area contributed by atoms with Gasteiger partial charge >= 0.3 is 10.3 Å². The quantitative estimate of drug-likeness (QED) is 0.739. The fraction of sp³-hybridized carbons (Fsp3) is 1.00. The summed E-state index contributed by atoms with van der Waals surface area (Å²) in [7, 11) is -4.14. The third kappa shape index (κ3) is 3.02. The molecule has 128 valence electrons. The molecule has 0 radical (unpaired) electrons. The standard InChI is InChI=1S/C12H21NO8S/c1-10(2)18-7-5-16-12(6-17-22(13,14)15)9(8(7)19-10)20-11(3,4)21-12/h7-9H,5-6H2,1-4H3,(H2,13,14,15)/t7-,8-,9-,12+/m1/s1. The molecule has 0 unspecified atom stereocenters. The number of hydrogen-bond acceptors (Lipinski definition) is 8. The number of nitrogens with two attached hydrogens (primary N) is 1. The Kier molecular flexibility index (Phi) is 3.63. The summed E-state index contributed by atoms with van der Waals surface area (Å²) in [4.78, 5) is 0. The molecule has 0 aromatic carbocycles. The van der Waals surface area contributed by atoms with E-state index in [-0.39, 0.29) is 12.7 Å². The average Bonchev–Trinajstić information content (AvgIpc) is 2.78. The lowest BCUT2D eigenvalue weighted by Gasteiger charge is -2.40. The van der Waals surface area contributed by atoms with Crippen LogP contribution in [0.25, 0.3) is 0 Å². The van der Waals surface area contributed by atoms with E-state index in [1.807, 2.05) is 0 Å². The van der Waals surface area contributed by atoms with Gasteiger partial charge in [-0.25, -0.2) is 5.14 Å². The Bertz CT molecular complexity index is 561. The SMILES string of the molecule is CC1(C)O[C@H]2[C@H]3OC(C)(C)O[C@]3(COS(N)(=O)=O)OC[C@H]2O1. The van der Waals surface area contributed by atoms with Gasteiger partial charge in [0.25, 0.3) is 0 Å². The van der Waals surface area contributed by atoms with Crippen molar-refractivity contribution in [2.24, 2.45) is 5.14 Å². The maximum atomic E-state index is 11.1. The van der Waals surface area contributed by atoms with Crippen molar-refractivity contribution >= 4 is 10.3 Å². The Hall–Kier alpha value is -0.330. The highest BCUT2D eigenvalue weighted by atomic mass is 32.2. The van der Waals surface area contributed by atoms with Crippen molar-refractivity contribution in [3.63, 3.8) is 0 Å². The van der Waals surface area contributed by atoms with Gasteiger partial charge in [0.05, 0.1) is 6.61 Å². The van der Waals surface area contributed by atoms with Crippen LogP contribution in [0.15, 0.2) is 0 Å². The molecule has 3 saturated heterocycles. The molecule has 3 fully saturated rings. The van der Waals surface area contributed by atoms with E-state index in [1.54, 1.807) is 27.7 Å². The molecule has 0 bridgehead atoms. The first-order valence-electron chi connectivity index (χ1n) is 6.96. The summed E-state index contributed by atoms with van der Waals surface area (Å²) in [6, 6.07) is 0. The third-order valence-corrected chi connectivity index (χ3v) is 4.15. The largest absolute Gasteiger partial charge is 0.343 e. The lowest BCUT2D eigenvalue weighted by Crippen LogP contribution is -2.60. The van der Waals surface area contributed by atoms with E-state index in [0.717, 1.165) is 0 Å². The Labute approximate surface area is 129 Å². The predicted molar refractivity (Wildman–Crippen MR) is 71.6 cm³/mol. The molecule has 0 aromatic heterocycles. The smallest absolute Gasteiger partial charge is 0.333 e.